The zero-order chi connectivity index (χ0) is 15.6. The molecule has 0 aliphatic rings. The molecule has 4 nitrogen and oxygen atoms in total. The Morgan fingerprint density at radius 2 is 1.67 bits per heavy atom. The van der Waals surface area contributed by atoms with Crippen molar-refractivity contribution >= 4 is 17.3 Å². The van der Waals surface area contributed by atoms with E-state index in [1.54, 1.807) is 0 Å². The first-order valence-electron chi connectivity index (χ1n) is 5.57. The van der Waals surface area contributed by atoms with E-state index in [0.29, 0.717) is 0 Å². The molecule has 0 saturated carbocycles. The van der Waals surface area contributed by atoms with Gasteiger partial charge in [-0.1, -0.05) is 41.9 Å². The molecule has 0 aromatic heterocycles. The van der Waals surface area contributed by atoms with Gasteiger partial charge in [0, 0.05) is 17.2 Å². The van der Waals surface area contributed by atoms with Crippen LogP contribution in [0.15, 0.2) is 42.5 Å². The molecule has 21 heavy (non-hydrogen) atoms. The third-order valence-electron chi connectivity index (χ3n) is 2.58. The Bertz CT molecular complexity index is 689. The SMILES string of the molecule is O=[N+]([O-])c1cccc(-c2ccccc2OC(F)(F)F)c1Cl. The number of benzene rings is 2. The maximum Gasteiger partial charge on any atom is 0.573 e. The van der Waals surface area contributed by atoms with Crippen molar-refractivity contribution in [1.82, 2.24) is 0 Å². The lowest BCUT2D eigenvalue weighted by Crippen LogP contribution is -2.17. The van der Waals surface area contributed by atoms with Gasteiger partial charge in [-0.3, -0.25) is 10.1 Å². The van der Waals surface area contributed by atoms with Crippen molar-refractivity contribution in [3.63, 3.8) is 0 Å². The average Bonchev–Trinajstić information content (AvgIpc) is 2.38. The fraction of sp³-hybridized carbons (Fsp3) is 0.0769. The Kier molecular flexibility index (Phi) is 4.04. The van der Waals surface area contributed by atoms with Crippen molar-refractivity contribution < 1.29 is 22.8 Å². The highest BCUT2D eigenvalue weighted by Gasteiger charge is 2.32. The van der Waals surface area contributed by atoms with Crippen molar-refractivity contribution in [1.29, 1.82) is 0 Å². The van der Waals surface area contributed by atoms with Crippen molar-refractivity contribution in [3.8, 4) is 16.9 Å². The van der Waals surface area contributed by atoms with Gasteiger partial charge in [-0.05, 0) is 6.07 Å². The summed E-state index contributed by atoms with van der Waals surface area (Å²) in [7, 11) is 0. The third-order valence-corrected chi connectivity index (χ3v) is 2.98. The molecule has 0 saturated heterocycles. The number of hydrogen-bond acceptors (Lipinski definition) is 3. The van der Waals surface area contributed by atoms with E-state index in [1.165, 1.54) is 36.4 Å². The smallest absolute Gasteiger partial charge is 0.405 e. The molecule has 0 aliphatic carbocycles. The monoisotopic (exact) mass is 317 g/mol. The fourth-order valence-electron chi connectivity index (χ4n) is 1.77. The van der Waals surface area contributed by atoms with Crippen LogP contribution in [0.1, 0.15) is 0 Å². The van der Waals surface area contributed by atoms with Gasteiger partial charge < -0.3 is 4.74 Å². The standard InChI is InChI=1S/C13H7ClF3NO3/c14-12-9(5-3-6-10(12)18(19)20)8-4-1-2-7-11(8)21-13(15,16)17/h1-7H. The third kappa shape index (κ3) is 3.43. The van der Waals surface area contributed by atoms with Gasteiger partial charge in [-0.2, -0.15) is 0 Å². The highest BCUT2D eigenvalue weighted by atomic mass is 35.5. The lowest BCUT2D eigenvalue weighted by Gasteiger charge is -2.14. The van der Waals surface area contributed by atoms with E-state index in [-0.39, 0.29) is 16.1 Å². The number of nitro benzene ring substituents is 1. The number of rotatable bonds is 3. The lowest BCUT2D eigenvalue weighted by atomic mass is 10.0. The topological polar surface area (TPSA) is 52.4 Å². The molecule has 2 rings (SSSR count). The van der Waals surface area contributed by atoms with Crippen LogP contribution in [0.2, 0.25) is 5.02 Å². The van der Waals surface area contributed by atoms with Crippen LogP contribution in [0, 0.1) is 10.1 Å². The maximum absolute atomic E-state index is 12.4. The summed E-state index contributed by atoms with van der Waals surface area (Å²) in [4.78, 5) is 10.1. The molecule has 0 radical (unpaired) electrons. The van der Waals surface area contributed by atoms with Crippen LogP contribution in [-0.4, -0.2) is 11.3 Å². The summed E-state index contributed by atoms with van der Waals surface area (Å²) in [6.07, 6.45) is -4.87. The second kappa shape index (κ2) is 5.61. The number of nitro groups is 1. The average molecular weight is 318 g/mol. The van der Waals surface area contributed by atoms with Gasteiger partial charge in [0.25, 0.3) is 5.69 Å². The summed E-state index contributed by atoms with van der Waals surface area (Å²) in [6.45, 7) is 0. The van der Waals surface area contributed by atoms with Gasteiger partial charge in [-0.25, -0.2) is 0 Å². The van der Waals surface area contributed by atoms with Crippen LogP contribution in [0.5, 0.6) is 5.75 Å². The second-order valence-corrected chi connectivity index (χ2v) is 4.32. The quantitative estimate of drug-likeness (QED) is 0.602. The highest BCUT2D eigenvalue weighted by Crippen LogP contribution is 2.40. The molecule has 110 valence electrons. The molecule has 0 fully saturated rings. The zero-order valence-electron chi connectivity index (χ0n) is 10.2. The van der Waals surface area contributed by atoms with E-state index in [9.17, 15) is 23.3 Å². The minimum Gasteiger partial charge on any atom is -0.405 e. The molecule has 0 heterocycles. The highest BCUT2D eigenvalue weighted by molar-refractivity contribution is 6.35. The van der Waals surface area contributed by atoms with Gasteiger partial charge in [0.15, 0.2) is 0 Å². The maximum atomic E-state index is 12.4. The summed E-state index contributed by atoms with van der Waals surface area (Å²) in [6, 6.07) is 9.17. The lowest BCUT2D eigenvalue weighted by molar-refractivity contribution is -0.384. The van der Waals surface area contributed by atoms with E-state index in [2.05, 4.69) is 4.74 Å². The summed E-state index contributed by atoms with van der Waals surface area (Å²) in [5.41, 5.74) is -0.287. The minimum absolute atomic E-state index is 0.0172. The number of alkyl halides is 3. The minimum atomic E-state index is -4.87. The number of nitrogens with zero attached hydrogens (tertiary/aromatic N) is 1. The van der Waals surface area contributed by atoms with Crippen molar-refractivity contribution in [3.05, 3.63) is 57.6 Å². The van der Waals surface area contributed by atoms with Crippen LogP contribution >= 0.6 is 11.6 Å². The normalized spacial score (nSPS) is 11.2. The Morgan fingerprint density at radius 1 is 1.05 bits per heavy atom. The molecule has 0 amide bonds. The molecule has 0 spiro atoms. The van der Waals surface area contributed by atoms with E-state index < -0.39 is 22.7 Å². The first kappa shape index (κ1) is 15.1. The van der Waals surface area contributed by atoms with Crippen LogP contribution in [0.4, 0.5) is 18.9 Å². The number of hydrogen-bond donors (Lipinski definition) is 0. The van der Waals surface area contributed by atoms with Crippen molar-refractivity contribution in [2.45, 2.75) is 6.36 Å². The number of halogens is 4. The summed E-state index contributed by atoms with van der Waals surface area (Å²) in [5.74, 6) is -0.479. The number of para-hydroxylation sites is 1. The predicted octanol–water partition coefficient (Wildman–Crippen LogP) is 4.81. The van der Waals surface area contributed by atoms with Crippen LogP contribution < -0.4 is 4.74 Å². The Labute approximate surface area is 121 Å². The van der Waals surface area contributed by atoms with Crippen LogP contribution in [0.25, 0.3) is 11.1 Å². The van der Waals surface area contributed by atoms with Gasteiger partial charge in [0.1, 0.15) is 10.8 Å². The summed E-state index contributed by atoms with van der Waals surface area (Å²) >= 11 is 5.90. The molecule has 0 atom stereocenters. The second-order valence-electron chi connectivity index (χ2n) is 3.94. The molecule has 0 unspecified atom stereocenters. The van der Waals surface area contributed by atoms with Crippen LogP contribution in [0.3, 0.4) is 0 Å². The Hall–Kier alpha value is -2.28. The van der Waals surface area contributed by atoms with E-state index >= 15 is 0 Å². The summed E-state index contributed by atoms with van der Waals surface area (Å²) in [5, 5.41) is 10.6. The van der Waals surface area contributed by atoms with Crippen molar-refractivity contribution in [2.75, 3.05) is 0 Å². The molecule has 2 aromatic rings. The molecule has 0 bridgehead atoms. The first-order valence-corrected chi connectivity index (χ1v) is 5.95. The first-order chi connectivity index (χ1) is 9.79. The Balaban J connectivity index is 2.58. The van der Waals surface area contributed by atoms with Crippen molar-refractivity contribution in [2.24, 2.45) is 0 Å². The predicted molar refractivity (Wildman–Crippen MR) is 70.2 cm³/mol. The molecular formula is C13H7ClF3NO3. The van der Waals surface area contributed by atoms with E-state index in [0.717, 1.165) is 6.07 Å². The van der Waals surface area contributed by atoms with E-state index in [1.807, 2.05) is 0 Å². The van der Waals surface area contributed by atoms with E-state index in [4.69, 9.17) is 11.6 Å². The number of ether oxygens (including phenoxy) is 1. The van der Waals surface area contributed by atoms with Gasteiger partial charge in [0.05, 0.1) is 4.92 Å². The zero-order valence-corrected chi connectivity index (χ0v) is 11.0. The van der Waals surface area contributed by atoms with Gasteiger partial charge in [0.2, 0.25) is 0 Å². The fourth-order valence-corrected chi connectivity index (χ4v) is 2.07. The van der Waals surface area contributed by atoms with Gasteiger partial charge in [-0.15, -0.1) is 13.2 Å². The molecule has 0 N–H and O–H groups in total. The molecule has 2 aromatic carbocycles. The molecular weight excluding hydrogens is 311 g/mol. The summed E-state index contributed by atoms with van der Waals surface area (Å²) < 4.78 is 41.1. The molecule has 0 aliphatic heterocycles. The van der Waals surface area contributed by atoms with Gasteiger partial charge >= 0.3 is 6.36 Å². The van der Waals surface area contributed by atoms with Crippen LogP contribution in [-0.2, 0) is 0 Å². The largest absolute Gasteiger partial charge is 0.573 e. The Morgan fingerprint density at radius 3 is 2.29 bits per heavy atom. The molecule has 8 heteroatoms.